The smallest absolute Gasteiger partial charge is 0.243 e. The molecule has 5 nitrogen and oxygen atoms in total. The first kappa shape index (κ1) is 21.6. The topological polar surface area (TPSA) is 66.5 Å². The van der Waals surface area contributed by atoms with Gasteiger partial charge in [-0.15, -0.1) is 0 Å². The Morgan fingerprint density at radius 1 is 1.00 bits per heavy atom. The van der Waals surface area contributed by atoms with E-state index >= 15 is 0 Å². The molecule has 23 heavy (non-hydrogen) atoms. The maximum absolute atomic E-state index is 12.5. The van der Waals surface area contributed by atoms with Gasteiger partial charge in [0.15, 0.2) is 0 Å². The number of rotatable bonds is 7. The van der Waals surface area contributed by atoms with E-state index < -0.39 is 16.9 Å². The summed E-state index contributed by atoms with van der Waals surface area (Å²) in [5, 5.41) is 2.84. The number of unbranched alkanes of at least 4 members (excludes halogenated alkanes) is 1. The second kappa shape index (κ2) is 8.46. The molecule has 1 N–H and O–H groups in total. The van der Waals surface area contributed by atoms with Gasteiger partial charge in [-0.2, -0.15) is 0 Å². The van der Waals surface area contributed by atoms with Crippen molar-refractivity contribution in [3.05, 3.63) is 0 Å². The Bertz CT molecular complexity index is 431. The van der Waals surface area contributed by atoms with E-state index in [2.05, 4.69) is 5.32 Å². The summed E-state index contributed by atoms with van der Waals surface area (Å²) >= 11 is 0. The van der Waals surface area contributed by atoms with E-state index in [-0.39, 0.29) is 24.0 Å². The summed E-state index contributed by atoms with van der Waals surface area (Å²) in [4.78, 5) is 38.8. The molecule has 134 valence electrons. The van der Waals surface area contributed by atoms with E-state index in [4.69, 9.17) is 0 Å². The number of nitrogens with one attached hydrogen (secondary N) is 1. The second-order valence-electron chi connectivity index (χ2n) is 8.20. The molecule has 0 aliphatic rings. The summed E-state index contributed by atoms with van der Waals surface area (Å²) in [5.74, 6) is -0.423. The van der Waals surface area contributed by atoms with Crippen molar-refractivity contribution in [3.8, 4) is 0 Å². The van der Waals surface area contributed by atoms with Gasteiger partial charge >= 0.3 is 0 Å². The minimum absolute atomic E-state index is 0.0262. The van der Waals surface area contributed by atoms with Gasteiger partial charge in [0, 0.05) is 30.8 Å². The molecule has 2 amide bonds. The number of nitrogens with zero attached hydrogens (tertiary/aromatic N) is 1. The number of ketones is 1. The maximum Gasteiger partial charge on any atom is 0.243 e. The van der Waals surface area contributed by atoms with Crippen molar-refractivity contribution in [3.63, 3.8) is 0 Å². The van der Waals surface area contributed by atoms with Crippen LogP contribution in [0.1, 0.15) is 67.7 Å². The molecule has 0 unspecified atom stereocenters. The molecule has 0 rings (SSSR count). The number of likely N-dealkylation sites (N-methyl/N-ethyl adjacent to an activating group) is 1. The zero-order valence-corrected chi connectivity index (χ0v) is 16.1. The average molecular weight is 326 g/mol. The summed E-state index contributed by atoms with van der Waals surface area (Å²) in [5.41, 5.74) is -1.13. The minimum atomic E-state index is -0.759. The summed E-state index contributed by atoms with van der Waals surface area (Å²) in [6, 6.07) is -0.759. The van der Waals surface area contributed by atoms with Gasteiger partial charge in [0.05, 0.1) is 0 Å². The van der Waals surface area contributed by atoms with Crippen LogP contribution in [0, 0.1) is 10.8 Å². The quantitative estimate of drug-likeness (QED) is 0.732. The van der Waals surface area contributed by atoms with Crippen LogP contribution in [-0.4, -0.2) is 42.1 Å². The zero-order chi connectivity index (χ0) is 18.4. The van der Waals surface area contributed by atoms with Crippen LogP contribution in [0.2, 0.25) is 0 Å². The number of Topliss-reactive ketones (excluding diaryl/α,β-unsaturated/α-hetero) is 1. The molecule has 0 saturated carbocycles. The third kappa shape index (κ3) is 7.14. The normalized spacial score (nSPS) is 13.4. The van der Waals surface area contributed by atoms with Crippen LogP contribution >= 0.6 is 0 Å². The standard InChI is InChI=1S/C18H34N2O3/c1-9-10-11-19-15(22)13(12-14(21)17(2,3)4)20(8)16(23)18(5,6)7/h13H,9-12H2,1-8H3,(H,19,22)/t13-/m0/s1. The fourth-order valence-corrected chi connectivity index (χ4v) is 2.06. The summed E-state index contributed by atoms with van der Waals surface area (Å²) < 4.78 is 0. The fraction of sp³-hybridized carbons (Fsp3) is 0.833. The second-order valence-corrected chi connectivity index (χ2v) is 8.20. The molecule has 0 aliphatic carbocycles. The molecule has 0 heterocycles. The molecular weight excluding hydrogens is 292 g/mol. The van der Waals surface area contributed by atoms with Crippen molar-refractivity contribution >= 4 is 17.6 Å². The molecule has 0 aliphatic heterocycles. The van der Waals surface area contributed by atoms with Crippen molar-refractivity contribution in [2.75, 3.05) is 13.6 Å². The van der Waals surface area contributed by atoms with Gasteiger partial charge < -0.3 is 10.2 Å². The Morgan fingerprint density at radius 2 is 1.52 bits per heavy atom. The van der Waals surface area contributed by atoms with Gasteiger partial charge in [0.2, 0.25) is 11.8 Å². The van der Waals surface area contributed by atoms with E-state index in [1.807, 2.05) is 48.5 Å². The SMILES string of the molecule is CCCCNC(=O)[C@H](CC(=O)C(C)(C)C)N(C)C(=O)C(C)(C)C. The Labute approximate surface area is 141 Å². The van der Waals surface area contributed by atoms with E-state index in [1.54, 1.807) is 7.05 Å². The predicted octanol–water partition coefficient (Wildman–Crippen LogP) is 2.78. The number of carbonyl (C=O) groups excluding carboxylic acids is 3. The number of hydrogen-bond donors (Lipinski definition) is 1. The Balaban J connectivity index is 5.25. The highest BCUT2D eigenvalue weighted by atomic mass is 16.2. The Kier molecular flexibility index (Phi) is 7.95. The summed E-state index contributed by atoms with van der Waals surface area (Å²) in [6.07, 6.45) is 1.89. The Hall–Kier alpha value is -1.39. The van der Waals surface area contributed by atoms with Crippen LogP contribution in [0.3, 0.4) is 0 Å². The van der Waals surface area contributed by atoms with Crippen LogP contribution in [0.25, 0.3) is 0 Å². The number of hydrogen-bond acceptors (Lipinski definition) is 3. The highest BCUT2D eigenvalue weighted by Gasteiger charge is 2.36. The van der Waals surface area contributed by atoms with Crippen molar-refractivity contribution in [2.45, 2.75) is 73.8 Å². The highest BCUT2D eigenvalue weighted by Crippen LogP contribution is 2.23. The third-order valence-corrected chi connectivity index (χ3v) is 3.78. The highest BCUT2D eigenvalue weighted by molar-refractivity contribution is 5.94. The van der Waals surface area contributed by atoms with Crippen molar-refractivity contribution in [1.29, 1.82) is 0 Å². The number of carbonyl (C=O) groups is 3. The molecule has 0 bridgehead atoms. The van der Waals surface area contributed by atoms with Crippen LogP contribution in [0.15, 0.2) is 0 Å². The van der Waals surface area contributed by atoms with Gasteiger partial charge in [-0.1, -0.05) is 54.9 Å². The molecule has 0 aromatic rings. The molecule has 1 atom stereocenters. The molecule has 0 saturated heterocycles. The van der Waals surface area contributed by atoms with E-state index in [1.165, 1.54) is 4.90 Å². The van der Waals surface area contributed by atoms with Gasteiger partial charge in [-0.05, 0) is 6.42 Å². The molecule has 0 aromatic carbocycles. The van der Waals surface area contributed by atoms with Gasteiger partial charge in [0.25, 0.3) is 0 Å². The van der Waals surface area contributed by atoms with Crippen molar-refractivity contribution in [2.24, 2.45) is 10.8 Å². The van der Waals surface area contributed by atoms with Crippen LogP contribution < -0.4 is 5.32 Å². The summed E-state index contributed by atoms with van der Waals surface area (Å²) in [7, 11) is 1.60. The number of amides is 2. The first-order valence-electron chi connectivity index (χ1n) is 8.40. The van der Waals surface area contributed by atoms with Crippen LogP contribution in [0.5, 0.6) is 0 Å². The fourth-order valence-electron chi connectivity index (χ4n) is 2.06. The molecule has 0 spiro atoms. The van der Waals surface area contributed by atoms with Crippen LogP contribution in [0.4, 0.5) is 0 Å². The maximum atomic E-state index is 12.5. The minimum Gasteiger partial charge on any atom is -0.354 e. The lowest BCUT2D eigenvalue weighted by Gasteiger charge is -2.33. The van der Waals surface area contributed by atoms with Crippen LogP contribution in [-0.2, 0) is 14.4 Å². The van der Waals surface area contributed by atoms with Gasteiger partial charge in [0.1, 0.15) is 11.8 Å². The molecule has 0 aromatic heterocycles. The van der Waals surface area contributed by atoms with E-state index in [0.29, 0.717) is 6.54 Å². The van der Waals surface area contributed by atoms with Crippen molar-refractivity contribution < 1.29 is 14.4 Å². The molecule has 0 radical (unpaired) electrons. The molecule has 5 heteroatoms. The predicted molar refractivity (Wildman–Crippen MR) is 93.0 cm³/mol. The van der Waals surface area contributed by atoms with E-state index in [9.17, 15) is 14.4 Å². The largest absolute Gasteiger partial charge is 0.354 e. The molecule has 0 fully saturated rings. The average Bonchev–Trinajstić information content (AvgIpc) is 2.40. The van der Waals surface area contributed by atoms with Gasteiger partial charge in [-0.3, -0.25) is 14.4 Å². The Morgan fingerprint density at radius 3 is 1.91 bits per heavy atom. The lowest BCUT2D eigenvalue weighted by Crippen LogP contribution is -2.52. The third-order valence-electron chi connectivity index (χ3n) is 3.78. The lowest BCUT2D eigenvalue weighted by molar-refractivity contribution is -0.146. The monoisotopic (exact) mass is 326 g/mol. The zero-order valence-electron chi connectivity index (χ0n) is 16.1. The van der Waals surface area contributed by atoms with Gasteiger partial charge in [-0.25, -0.2) is 0 Å². The first-order valence-corrected chi connectivity index (χ1v) is 8.40. The first-order chi connectivity index (χ1) is 10.3. The molecular formula is C18H34N2O3. The summed E-state index contributed by atoms with van der Waals surface area (Å²) in [6.45, 7) is 13.5. The van der Waals surface area contributed by atoms with E-state index in [0.717, 1.165) is 12.8 Å². The lowest BCUT2D eigenvalue weighted by atomic mass is 9.86. The van der Waals surface area contributed by atoms with Crippen molar-refractivity contribution in [1.82, 2.24) is 10.2 Å².